The first-order valence-electron chi connectivity index (χ1n) is 3.51. The number of hydrogen-bond donors (Lipinski definition) is 2. The third-order valence-electron chi connectivity index (χ3n) is 1.37. The van der Waals surface area contributed by atoms with Crippen LogP contribution in [0.25, 0.3) is 0 Å². The molecule has 0 bridgehead atoms. The molecule has 0 aromatic carbocycles. The van der Waals surface area contributed by atoms with E-state index in [2.05, 4.69) is 9.97 Å². The Balaban J connectivity index is 2.29. The zero-order valence-corrected chi connectivity index (χ0v) is 7.21. The van der Waals surface area contributed by atoms with Gasteiger partial charge in [0.2, 0.25) is 0 Å². The fourth-order valence-electron chi connectivity index (χ4n) is 0.857. The average Bonchev–Trinajstić information content (AvgIpc) is 2.36. The number of hydrogen-bond acceptors (Lipinski definition) is 3. The molecule has 5 nitrogen and oxygen atoms in total. The maximum Gasteiger partial charge on any atom is 0.264 e. The molecule has 0 spiro atoms. The summed E-state index contributed by atoms with van der Waals surface area (Å²) in [6.07, 6.45) is 4.19. The molecule has 2 N–H and O–H groups in total. The highest BCUT2D eigenvalue weighted by Gasteiger charge is 2.04. The molecule has 0 fully saturated rings. The lowest BCUT2D eigenvalue weighted by Gasteiger charge is -1.94. The van der Waals surface area contributed by atoms with E-state index in [4.69, 9.17) is 4.55 Å². The zero-order valence-electron chi connectivity index (χ0n) is 6.40. The van der Waals surface area contributed by atoms with Crippen molar-refractivity contribution in [2.75, 3.05) is 5.75 Å². The van der Waals surface area contributed by atoms with Crippen molar-refractivity contribution in [3.63, 3.8) is 0 Å². The van der Waals surface area contributed by atoms with E-state index in [1.807, 2.05) is 0 Å². The highest BCUT2D eigenvalue weighted by atomic mass is 32.2. The fourth-order valence-corrected chi connectivity index (χ4v) is 1.37. The van der Waals surface area contributed by atoms with Crippen LogP contribution in [0.3, 0.4) is 0 Å². The fraction of sp³-hybridized carbons (Fsp3) is 0.500. The zero-order chi connectivity index (χ0) is 9.03. The topological polar surface area (TPSA) is 83.1 Å². The van der Waals surface area contributed by atoms with E-state index >= 15 is 0 Å². The molecule has 0 aliphatic heterocycles. The molecule has 0 atom stereocenters. The van der Waals surface area contributed by atoms with E-state index in [9.17, 15) is 8.42 Å². The van der Waals surface area contributed by atoms with Crippen molar-refractivity contribution in [3.8, 4) is 0 Å². The lowest BCUT2D eigenvalue weighted by molar-refractivity contribution is 0.481. The number of nitrogens with zero attached hydrogens (tertiary/aromatic N) is 1. The van der Waals surface area contributed by atoms with Crippen molar-refractivity contribution < 1.29 is 13.0 Å². The van der Waals surface area contributed by atoms with Gasteiger partial charge < -0.3 is 4.98 Å². The van der Waals surface area contributed by atoms with Crippen molar-refractivity contribution in [2.24, 2.45) is 0 Å². The molecule has 0 saturated carbocycles. The van der Waals surface area contributed by atoms with Gasteiger partial charge in [-0.15, -0.1) is 0 Å². The maximum absolute atomic E-state index is 10.3. The van der Waals surface area contributed by atoms with Crippen LogP contribution >= 0.6 is 0 Å². The summed E-state index contributed by atoms with van der Waals surface area (Å²) in [5.41, 5.74) is 0. The second kappa shape index (κ2) is 3.68. The molecule has 0 aliphatic rings. The van der Waals surface area contributed by atoms with Crippen LogP contribution in [0.15, 0.2) is 12.4 Å². The molecular weight excluding hydrogens is 180 g/mol. The van der Waals surface area contributed by atoms with Gasteiger partial charge in [0.15, 0.2) is 0 Å². The van der Waals surface area contributed by atoms with E-state index in [0.717, 1.165) is 5.82 Å². The van der Waals surface area contributed by atoms with E-state index < -0.39 is 10.1 Å². The number of aryl methyl sites for hydroxylation is 1. The second-order valence-corrected chi connectivity index (χ2v) is 4.00. The molecule has 6 heteroatoms. The summed E-state index contributed by atoms with van der Waals surface area (Å²) in [5, 5.41) is 0. The average molecular weight is 190 g/mol. The standard InChI is InChI=1S/C6H10N2O3S/c9-12(10,11)5-1-2-6-7-3-4-8-6/h3-4H,1-2,5H2,(H,7,8)(H,9,10,11). The molecule has 1 heterocycles. The highest BCUT2D eigenvalue weighted by molar-refractivity contribution is 7.85. The van der Waals surface area contributed by atoms with Crippen LogP contribution in [0.2, 0.25) is 0 Å². The third kappa shape index (κ3) is 3.49. The van der Waals surface area contributed by atoms with Crippen molar-refractivity contribution in [3.05, 3.63) is 18.2 Å². The molecule has 12 heavy (non-hydrogen) atoms. The van der Waals surface area contributed by atoms with Gasteiger partial charge in [-0.3, -0.25) is 4.55 Å². The Morgan fingerprint density at radius 3 is 2.83 bits per heavy atom. The first-order chi connectivity index (χ1) is 5.58. The van der Waals surface area contributed by atoms with Gasteiger partial charge in [0.25, 0.3) is 10.1 Å². The van der Waals surface area contributed by atoms with Crippen molar-refractivity contribution in [2.45, 2.75) is 12.8 Å². The number of rotatable bonds is 4. The number of aromatic nitrogens is 2. The molecule has 1 aromatic rings. The van der Waals surface area contributed by atoms with Crippen LogP contribution in [0.1, 0.15) is 12.2 Å². The minimum Gasteiger partial charge on any atom is -0.349 e. The third-order valence-corrected chi connectivity index (χ3v) is 2.18. The minimum absolute atomic E-state index is 0.215. The number of aromatic amines is 1. The maximum atomic E-state index is 10.3. The van der Waals surface area contributed by atoms with Crippen molar-refractivity contribution in [1.82, 2.24) is 9.97 Å². The minimum atomic E-state index is -3.82. The van der Waals surface area contributed by atoms with E-state index in [1.54, 1.807) is 12.4 Å². The van der Waals surface area contributed by atoms with Crippen LogP contribution in [0.5, 0.6) is 0 Å². The molecule has 0 aliphatic carbocycles. The Morgan fingerprint density at radius 1 is 1.58 bits per heavy atom. The Kier molecular flexibility index (Phi) is 2.83. The first-order valence-corrected chi connectivity index (χ1v) is 5.12. The van der Waals surface area contributed by atoms with Crippen LogP contribution in [-0.4, -0.2) is 28.7 Å². The van der Waals surface area contributed by atoms with Gasteiger partial charge in [-0.05, 0) is 6.42 Å². The summed E-state index contributed by atoms with van der Waals surface area (Å²) < 4.78 is 29.0. The summed E-state index contributed by atoms with van der Waals surface area (Å²) >= 11 is 0. The molecule has 68 valence electrons. The summed E-state index contributed by atoms with van der Waals surface area (Å²) in [4.78, 5) is 6.74. The van der Waals surface area contributed by atoms with Crippen LogP contribution in [-0.2, 0) is 16.5 Å². The Bertz CT molecular complexity index is 317. The van der Waals surface area contributed by atoms with Gasteiger partial charge in [-0.25, -0.2) is 4.98 Å². The van der Waals surface area contributed by atoms with Gasteiger partial charge in [-0.2, -0.15) is 8.42 Å². The van der Waals surface area contributed by atoms with Crippen molar-refractivity contribution >= 4 is 10.1 Å². The van der Waals surface area contributed by atoms with Crippen LogP contribution in [0.4, 0.5) is 0 Å². The first kappa shape index (κ1) is 9.21. The normalized spacial score (nSPS) is 11.8. The van der Waals surface area contributed by atoms with Crippen LogP contribution < -0.4 is 0 Å². The summed E-state index contributed by atoms with van der Waals surface area (Å²) in [6, 6.07) is 0. The highest BCUT2D eigenvalue weighted by Crippen LogP contribution is 1.96. The predicted octanol–water partition coefficient (Wildman–Crippen LogP) is 0.230. The monoisotopic (exact) mass is 190 g/mol. The van der Waals surface area contributed by atoms with Crippen LogP contribution in [0, 0.1) is 0 Å². The lowest BCUT2D eigenvalue weighted by atomic mass is 10.3. The molecule has 1 rings (SSSR count). The largest absolute Gasteiger partial charge is 0.349 e. The molecule has 0 radical (unpaired) electrons. The van der Waals surface area contributed by atoms with E-state index in [-0.39, 0.29) is 5.75 Å². The number of imidazole rings is 1. The molecule has 1 aromatic heterocycles. The SMILES string of the molecule is O=S(=O)(O)CCCc1ncc[nH]1. The number of nitrogens with one attached hydrogen (secondary N) is 1. The quantitative estimate of drug-likeness (QED) is 0.666. The molecule has 0 saturated heterocycles. The van der Waals surface area contributed by atoms with E-state index in [0.29, 0.717) is 12.8 Å². The summed E-state index contributed by atoms with van der Waals surface area (Å²) in [6.45, 7) is 0. The smallest absolute Gasteiger partial charge is 0.264 e. The predicted molar refractivity (Wildman–Crippen MR) is 43.3 cm³/mol. The van der Waals surface area contributed by atoms with Gasteiger partial charge in [0, 0.05) is 18.8 Å². The second-order valence-electron chi connectivity index (χ2n) is 2.43. The van der Waals surface area contributed by atoms with E-state index in [1.165, 1.54) is 0 Å². The number of H-pyrrole nitrogens is 1. The Morgan fingerprint density at radius 2 is 2.33 bits per heavy atom. The lowest BCUT2D eigenvalue weighted by Crippen LogP contribution is -2.05. The Hall–Kier alpha value is -0.880. The Labute approximate surface area is 70.6 Å². The van der Waals surface area contributed by atoms with Gasteiger partial charge in [0.05, 0.1) is 5.75 Å². The van der Waals surface area contributed by atoms with Gasteiger partial charge in [-0.1, -0.05) is 0 Å². The van der Waals surface area contributed by atoms with Crippen molar-refractivity contribution in [1.29, 1.82) is 0 Å². The molecule has 0 unspecified atom stereocenters. The molecular formula is C6H10N2O3S. The summed E-state index contributed by atoms with van der Waals surface area (Å²) in [7, 11) is -3.82. The van der Waals surface area contributed by atoms with Gasteiger partial charge >= 0.3 is 0 Å². The summed E-state index contributed by atoms with van der Waals surface area (Å²) in [5.74, 6) is 0.520. The molecule has 0 amide bonds. The van der Waals surface area contributed by atoms with Gasteiger partial charge in [0.1, 0.15) is 5.82 Å².